The Kier molecular flexibility index (Phi) is 7.96. The number of rotatable bonds is 10. The number of hydrogen-bond acceptors (Lipinski definition) is 3. The quantitative estimate of drug-likeness (QED) is 0.447. The predicted molar refractivity (Wildman–Crippen MR) is 70.0 cm³/mol. The zero-order valence-electron chi connectivity index (χ0n) is 9.94. The third-order valence-corrected chi connectivity index (χ3v) is 4.67. The first-order valence-electron chi connectivity index (χ1n) is 5.08. The van der Waals surface area contributed by atoms with Gasteiger partial charge in [-0.1, -0.05) is 12.2 Å². The number of halogens is 2. The molecule has 17 heavy (non-hydrogen) atoms. The lowest BCUT2D eigenvalue weighted by Crippen LogP contribution is -2.03. The van der Waals surface area contributed by atoms with Gasteiger partial charge in [0.1, 0.15) is 0 Å². The summed E-state index contributed by atoms with van der Waals surface area (Å²) in [7, 11) is -6.86. The van der Waals surface area contributed by atoms with Crippen molar-refractivity contribution in [1.29, 1.82) is 0 Å². The van der Waals surface area contributed by atoms with Gasteiger partial charge in [-0.05, 0) is 6.42 Å². The third-order valence-electron chi connectivity index (χ3n) is 1.71. The van der Waals surface area contributed by atoms with Crippen molar-refractivity contribution in [2.24, 2.45) is 0 Å². The first-order valence-corrected chi connectivity index (χ1v) is 8.82. The summed E-state index contributed by atoms with van der Waals surface area (Å²) in [5.41, 5.74) is 0. The maximum Gasteiger partial charge on any atom is 0.331 e. The van der Waals surface area contributed by atoms with E-state index < -0.39 is 18.4 Å². The zero-order chi connectivity index (χ0) is 13.4. The van der Waals surface area contributed by atoms with E-state index in [9.17, 15) is 12.3 Å². The Morgan fingerprint density at radius 3 is 2.06 bits per heavy atom. The monoisotopic (exact) mass is 288 g/mol. The van der Waals surface area contributed by atoms with Crippen LogP contribution in [0.5, 0.6) is 0 Å². The van der Waals surface area contributed by atoms with Crippen LogP contribution >= 0.6 is 18.4 Å². The predicted octanol–water partition coefficient (Wildman–Crippen LogP) is 4.18. The lowest BCUT2D eigenvalue weighted by Gasteiger charge is -2.19. The van der Waals surface area contributed by atoms with E-state index >= 15 is 0 Å². The first kappa shape index (κ1) is 16.8. The molecule has 0 aromatic rings. The molecule has 102 valence electrons. The summed E-state index contributed by atoms with van der Waals surface area (Å²) < 4.78 is 47.5. The second-order valence-corrected chi connectivity index (χ2v) is 7.78. The molecule has 0 aromatic heterocycles. The Morgan fingerprint density at radius 1 is 1.24 bits per heavy atom. The van der Waals surface area contributed by atoms with Crippen LogP contribution in [0.1, 0.15) is 6.42 Å². The van der Waals surface area contributed by atoms with Gasteiger partial charge in [0.25, 0.3) is 0 Å². The molecule has 0 fully saturated rings. The van der Waals surface area contributed by atoms with E-state index in [1.54, 1.807) is 0 Å². The average Bonchev–Trinajstić information content (AvgIpc) is 2.22. The van der Waals surface area contributed by atoms with Gasteiger partial charge in [0.15, 0.2) is 0 Å². The van der Waals surface area contributed by atoms with Crippen LogP contribution in [0.25, 0.3) is 0 Å². The van der Waals surface area contributed by atoms with Crippen molar-refractivity contribution in [2.45, 2.75) is 6.42 Å². The summed E-state index contributed by atoms with van der Waals surface area (Å²) in [4.78, 5) is 0. The van der Waals surface area contributed by atoms with Gasteiger partial charge in [0.2, 0.25) is 0 Å². The molecule has 0 bridgehead atoms. The highest BCUT2D eigenvalue weighted by Gasteiger charge is 2.25. The van der Waals surface area contributed by atoms with Crippen molar-refractivity contribution in [3.63, 3.8) is 0 Å². The Hall–Kier alpha value is -0.160. The molecular weight excluding hydrogens is 269 g/mol. The maximum absolute atomic E-state index is 12.7. The van der Waals surface area contributed by atoms with Gasteiger partial charge in [-0.3, -0.25) is 4.57 Å². The van der Waals surface area contributed by atoms with E-state index in [-0.39, 0.29) is 31.5 Å². The second kappa shape index (κ2) is 8.03. The van der Waals surface area contributed by atoms with Crippen molar-refractivity contribution in [3.8, 4) is 0 Å². The van der Waals surface area contributed by atoms with Gasteiger partial charge in [0.05, 0.1) is 30.2 Å². The van der Waals surface area contributed by atoms with E-state index in [2.05, 4.69) is 13.2 Å². The van der Waals surface area contributed by atoms with E-state index in [1.807, 2.05) is 0 Å². The minimum absolute atomic E-state index is 0.00882. The third kappa shape index (κ3) is 9.53. The minimum Gasteiger partial charge on any atom is -0.304 e. The van der Waals surface area contributed by atoms with Gasteiger partial charge in [0, 0.05) is 12.0 Å². The molecule has 0 rings (SSSR count). The molecule has 0 amide bonds. The molecule has 0 aliphatic heterocycles. The number of hydrogen-bond donors (Lipinski definition) is 0. The van der Waals surface area contributed by atoms with Gasteiger partial charge in [-0.25, -0.2) is 0 Å². The Morgan fingerprint density at radius 2 is 1.71 bits per heavy atom. The summed E-state index contributed by atoms with van der Waals surface area (Å²) in [6, 6.07) is 0. The SMILES string of the molecule is C=CCOP(=O)(CCCS(C)(F)F)OCC=C. The van der Waals surface area contributed by atoms with Crippen molar-refractivity contribution in [3.05, 3.63) is 25.3 Å². The van der Waals surface area contributed by atoms with Gasteiger partial charge >= 0.3 is 7.60 Å². The lowest BCUT2D eigenvalue weighted by molar-refractivity contribution is 0.237. The van der Waals surface area contributed by atoms with E-state index in [4.69, 9.17) is 9.05 Å². The molecule has 0 radical (unpaired) electrons. The molecule has 0 atom stereocenters. The first-order chi connectivity index (χ1) is 7.83. The summed E-state index contributed by atoms with van der Waals surface area (Å²) in [6.45, 7) is 7.00. The normalized spacial score (nSPS) is 13.4. The maximum atomic E-state index is 12.7. The molecular formula is C10H19F2O3PS. The highest BCUT2D eigenvalue weighted by atomic mass is 32.3. The van der Waals surface area contributed by atoms with E-state index in [0.717, 1.165) is 6.26 Å². The highest BCUT2D eigenvalue weighted by Crippen LogP contribution is 2.52. The second-order valence-electron chi connectivity index (χ2n) is 3.43. The van der Waals surface area contributed by atoms with Crippen LogP contribution in [-0.4, -0.2) is 31.4 Å². The molecule has 0 heterocycles. The standard InChI is InChI=1S/C10H19F2O3PS/c1-4-7-14-16(13,15-8-5-2)9-6-10-17(3,11)12/h4-5H,1-2,6-10H2,3H3. The van der Waals surface area contributed by atoms with Crippen molar-refractivity contribution in [2.75, 3.05) is 31.4 Å². The molecule has 0 spiro atoms. The summed E-state index contributed by atoms with van der Waals surface area (Å²) >= 11 is 0. The van der Waals surface area contributed by atoms with Crippen LogP contribution in [-0.2, 0) is 13.6 Å². The van der Waals surface area contributed by atoms with Crippen LogP contribution in [0.3, 0.4) is 0 Å². The smallest absolute Gasteiger partial charge is 0.304 e. The highest BCUT2D eigenvalue weighted by molar-refractivity contribution is 8.24. The molecule has 0 aliphatic rings. The molecule has 3 nitrogen and oxygen atoms in total. The molecule has 7 heteroatoms. The van der Waals surface area contributed by atoms with E-state index in [0.29, 0.717) is 0 Å². The average molecular weight is 288 g/mol. The van der Waals surface area contributed by atoms with Crippen LogP contribution in [0.2, 0.25) is 0 Å². The lowest BCUT2D eigenvalue weighted by atomic mass is 10.6. The molecule has 0 aliphatic carbocycles. The van der Waals surface area contributed by atoms with Crippen molar-refractivity contribution < 1.29 is 21.4 Å². The summed E-state index contributed by atoms with van der Waals surface area (Å²) in [5.74, 6) is -0.258. The van der Waals surface area contributed by atoms with Crippen LogP contribution in [0.4, 0.5) is 7.77 Å². The summed E-state index contributed by atoms with van der Waals surface area (Å²) in [6.07, 6.45) is 3.88. The van der Waals surface area contributed by atoms with E-state index in [1.165, 1.54) is 12.2 Å². The minimum atomic E-state index is -3.56. The fraction of sp³-hybridized carbons (Fsp3) is 0.600. The molecule has 0 unspecified atom stereocenters. The van der Waals surface area contributed by atoms with Crippen molar-refractivity contribution in [1.82, 2.24) is 0 Å². The fourth-order valence-corrected chi connectivity index (χ4v) is 3.42. The topological polar surface area (TPSA) is 35.5 Å². The molecule has 0 saturated heterocycles. The summed E-state index contributed by atoms with van der Waals surface area (Å²) in [5, 5.41) is 0. The Labute approximate surface area is 103 Å². The largest absolute Gasteiger partial charge is 0.331 e. The van der Waals surface area contributed by atoms with Crippen LogP contribution < -0.4 is 0 Å². The molecule has 0 aromatic carbocycles. The van der Waals surface area contributed by atoms with Crippen LogP contribution in [0, 0.1) is 0 Å². The zero-order valence-corrected chi connectivity index (χ0v) is 11.7. The molecule has 0 saturated carbocycles. The Balaban J connectivity index is 4.22. The fourth-order valence-electron chi connectivity index (χ4n) is 1.01. The van der Waals surface area contributed by atoms with Gasteiger partial charge < -0.3 is 9.05 Å². The molecule has 0 N–H and O–H groups in total. The van der Waals surface area contributed by atoms with Crippen LogP contribution in [0.15, 0.2) is 25.3 Å². The Bertz CT molecular complexity index is 276. The van der Waals surface area contributed by atoms with Gasteiger partial charge in [-0.15, -0.1) is 13.2 Å². The van der Waals surface area contributed by atoms with Crippen molar-refractivity contribution >= 4 is 18.4 Å². The van der Waals surface area contributed by atoms with Gasteiger partial charge in [-0.2, -0.15) is 7.77 Å².